The second-order valence-electron chi connectivity index (χ2n) is 6.61. The fraction of sp³-hybridized carbons (Fsp3) is 0.444. The second kappa shape index (κ2) is 6.50. The van der Waals surface area contributed by atoms with E-state index in [1.165, 1.54) is 6.20 Å². The molecule has 1 aromatic carbocycles. The summed E-state index contributed by atoms with van der Waals surface area (Å²) in [5.41, 5.74) is 0.848. The summed E-state index contributed by atoms with van der Waals surface area (Å²) in [5.74, 6) is 1.25. The Bertz CT molecular complexity index is 912. The van der Waals surface area contributed by atoms with Crippen LogP contribution >= 0.6 is 0 Å². The summed E-state index contributed by atoms with van der Waals surface area (Å²) in [5, 5.41) is 23.5. The first-order valence-corrected chi connectivity index (χ1v) is 8.24. The van der Waals surface area contributed by atoms with Crippen molar-refractivity contribution >= 4 is 21.9 Å². The van der Waals surface area contributed by atoms with Crippen molar-refractivity contribution in [2.45, 2.75) is 39.5 Å². The lowest BCUT2D eigenvalue weighted by Crippen LogP contribution is -2.28. The Hall–Kier alpha value is -2.38. The molecule has 3 aromatic rings. The Kier molecular flexibility index (Phi) is 4.53. The standard InChI is InChI=1S/C18H23N3O4/c1-5-25-10-15-19-12-9-21(23)13-7-6-8-14(24-4)16(13)17(12)20(15)11-18(2,3)22/h6-9,22H,5,10-11H2,1-4H3. The highest BCUT2D eigenvalue weighted by atomic mass is 16.5. The normalized spacial score (nSPS) is 12.2. The van der Waals surface area contributed by atoms with Gasteiger partial charge in [0.15, 0.2) is 5.52 Å². The lowest BCUT2D eigenvalue weighted by atomic mass is 10.1. The summed E-state index contributed by atoms with van der Waals surface area (Å²) >= 11 is 0. The topological polar surface area (TPSA) is 83.5 Å². The van der Waals surface area contributed by atoms with Gasteiger partial charge in [-0.3, -0.25) is 0 Å². The first-order chi connectivity index (χ1) is 11.9. The average Bonchev–Trinajstić information content (AvgIpc) is 2.88. The molecular formula is C18H23N3O4. The molecule has 7 nitrogen and oxygen atoms in total. The maximum Gasteiger partial charge on any atom is 0.229 e. The zero-order valence-electron chi connectivity index (χ0n) is 14.9. The highest BCUT2D eigenvalue weighted by Crippen LogP contribution is 2.32. The minimum absolute atomic E-state index is 0.302. The molecule has 0 saturated heterocycles. The number of ether oxygens (including phenoxy) is 2. The number of imidazole rings is 1. The van der Waals surface area contributed by atoms with Gasteiger partial charge in [0.1, 0.15) is 23.6 Å². The van der Waals surface area contributed by atoms with Gasteiger partial charge in [0.05, 0.1) is 24.8 Å². The van der Waals surface area contributed by atoms with Crippen LogP contribution < -0.4 is 9.47 Å². The third-order valence-electron chi connectivity index (χ3n) is 3.99. The van der Waals surface area contributed by atoms with E-state index >= 15 is 0 Å². The smallest absolute Gasteiger partial charge is 0.229 e. The SMILES string of the molecule is CCOCc1nc2c[n+]([O-])c3cccc(OC)c3c2n1CC(C)(C)O. The van der Waals surface area contributed by atoms with Gasteiger partial charge in [-0.1, -0.05) is 6.07 Å². The van der Waals surface area contributed by atoms with E-state index in [0.29, 0.717) is 47.8 Å². The van der Waals surface area contributed by atoms with Crippen molar-refractivity contribution in [3.63, 3.8) is 0 Å². The molecule has 0 amide bonds. The first kappa shape index (κ1) is 17.4. The van der Waals surface area contributed by atoms with Crippen LogP contribution in [0.1, 0.15) is 26.6 Å². The number of hydrogen-bond acceptors (Lipinski definition) is 5. The summed E-state index contributed by atoms with van der Waals surface area (Å²) in [6, 6.07) is 5.33. The lowest BCUT2D eigenvalue weighted by Gasteiger charge is -2.20. The van der Waals surface area contributed by atoms with E-state index in [-0.39, 0.29) is 0 Å². The van der Waals surface area contributed by atoms with E-state index in [2.05, 4.69) is 4.98 Å². The van der Waals surface area contributed by atoms with Crippen LogP contribution in [0, 0.1) is 5.21 Å². The van der Waals surface area contributed by atoms with Crippen LogP contribution in [-0.4, -0.2) is 34.0 Å². The van der Waals surface area contributed by atoms with Crippen LogP contribution in [0.25, 0.3) is 21.9 Å². The maximum absolute atomic E-state index is 12.4. The molecule has 1 N–H and O–H groups in total. The van der Waals surface area contributed by atoms with E-state index < -0.39 is 5.60 Å². The number of rotatable bonds is 6. The van der Waals surface area contributed by atoms with Gasteiger partial charge in [0.25, 0.3) is 0 Å². The molecule has 0 unspecified atom stereocenters. The average molecular weight is 345 g/mol. The molecule has 25 heavy (non-hydrogen) atoms. The number of aliphatic hydroxyl groups is 1. The molecule has 134 valence electrons. The maximum atomic E-state index is 12.4. The molecule has 7 heteroatoms. The van der Waals surface area contributed by atoms with E-state index in [1.807, 2.05) is 17.6 Å². The van der Waals surface area contributed by atoms with Gasteiger partial charge in [-0.15, -0.1) is 0 Å². The van der Waals surface area contributed by atoms with Crippen molar-refractivity contribution in [2.24, 2.45) is 0 Å². The number of benzene rings is 1. The Morgan fingerprint density at radius 3 is 2.76 bits per heavy atom. The number of pyridine rings is 1. The van der Waals surface area contributed by atoms with Gasteiger partial charge in [-0.25, -0.2) is 4.98 Å². The lowest BCUT2D eigenvalue weighted by molar-refractivity contribution is -0.575. The predicted octanol–water partition coefficient (Wildman–Crippen LogP) is 2.14. The monoisotopic (exact) mass is 345 g/mol. The molecule has 0 atom stereocenters. The molecule has 0 spiro atoms. The summed E-state index contributed by atoms with van der Waals surface area (Å²) in [7, 11) is 1.57. The quantitative estimate of drug-likeness (QED) is 0.547. The van der Waals surface area contributed by atoms with E-state index in [1.54, 1.807) is 33.1 Å². The van der Waals surface area contributed by atoms with Crippen LogP contribution in [0.5, 0.6) is 5.75 Å². The second-order valence-corrected chi connectivity index (χ2v) is 6.61. The molecular weight excluding hydrogens is 322 g/mol. The van der Waals surface area contributed by atoms with E-state index in [0.717, 1.165) is 10.2 Å². The Balaban J connectivity index is 2.39. The van der Waals surface area contributed by atoms with Crippen LogP contribution in [0.3, 0.4) is 0 Å². The molecule has 0 radical (unpaired) electrons. The largest absolute Gasteiger partial charge is 0.618 e. The minimum Gasteiger partial charge on any atom is -0.618 e. The third kappa shape index (κ3) is 3.25. The molecule has 0 aliphatic rings. The first-order valence-electron chi connectivity index (χ1n) is 8.24. The minimum atomic E-state index is -0.952. The Morgan fingerprint density at radius 1 is 1.36 bits per heavy atom. The van der Waals surface area contributed by atoms with Gasteiger partial charge in [-0.05, 0) is 26.8 Å². The van der Waals surface area contributed by atoms with Crippen molar-refractivity contribution < 1.29 is 19.3 Å². The number of nitrogens with zero attached hydrogens (tertiary/aromatic N) is 3. The number of aromatic nitrogens is 3. The highest BCUT2D eigenvalue weighted by Gasteiger charge is 2.24. The summed E-state index contributed by atoms with van der Waals surface area (Å²) in [6.07, 6.45) is 1.45. The Morgan fingerprint density at radius 2 is 2.12 bits per heavy atom. The van der Waals surface area contributed by atoms with Gasteiger partial charge in [-0.2, -0.15) is 4.73 Å². The van der Waals surface area contributed by atoms with Crippen molar-refractivity contribution in [1.29, 1.82) is 0 Å². The van der Waals surface area contributed by atoms with Crippen LogP contribution in [0.15, 0.2) is 24.4 Å². The molecule has 0 fully saturated rings. The number of hydrogen-bond donors (Lipinski definition) is 1. The molecule has 0 saturated carbocycles. The van der Waals surface area contributed by atoms with E-state index in [9.17, 15) is 10.3 Å². The fourth-order valence-electron chi connectivity index (χ4n) is 3.03. The predicted molar refractivity (Wildman–Crippen MR) is 94.4 cm³/mol. The Labute approximate surface area is 146 Å². The van der Waals surface area contributed by atoms with Gasteiger partial charge >= 0.3 is 0 Å². The van der Waals surface area contributed by atoms with Crippen LogP contribution in [0.2, 0.25) is 0 Å². The van der Waals surface area contributed by atoms with Crippen molar-refractivity contribution in [3.05, 3.63) is 35.4 Å². The van der Waals surface area contributed by atoms with Crippen molar-refractivity contribution in [2.75, 3.05) is 13.7 Å². The van der Waals surface area contributed by atoms with Crippen LogP contribution in [-0.2, 0) is 17.9 Å². The zero-order chi connectivity index (χ0) is 18.2. The van der Waals surface area contributed by atoms with Crippen molar-refractivity contribution in [3.8, 4) is 5.75 Å². The summed E-state index contributed by atoms with van der Waals surface area (Å²) in [4.78, 5) is 4.57. The van der Waals surface area contributed by atoms with Crippen molar-refractivity contribution in [1.82, 2.24) is 9.55 Å². The molecule has 0 aliphatic heterocycles. The van der Waals surface area contributed by atoms with Gasteiger partial charge < -0.3 is 24.4 Å². The molecule has 2 aromatic heterocycles. The van der Waals surface area contributed by atoms with Crippen LogP contribution in [0.4, 0.5) is 0 Å². The number of fused-ring (bicyclic) bond motifs is 3. The molecule has 0 bridgehead atoms. The van der Waals surface area contributed by atoms with Gasteiger partial charge in [0, 0.05) is 12.7 Å². The van der Waals surface area contributed by atoms with Gasteiger partial charge in [0.2, 0.25) is 11.7 Å². The molecule has 0 aliphatic carbocycles. The number of methoxy groups -OCH3 is 1. The zero-order valence-corrected chi connectivity index (χ0v) is 14.9. The van der Waals surface area contributed by atoms with E-state index in [4.69, 9.17) is 9.47 Å². The summed E-state index contributed by atoms with van der Waals surface area (Å²) < 4.78 is 13.7. The molecule has 3 rings (SSSR count). The highest BCUT2D eigenvalue weighted by molar-refractivity contribution is 6.04. The third-order valence-corrected chi connectivity index (χ3v) is 3.99. The fourth-order valence-corrected chi connectivity index (χ4v) is 3.03. The molecule has 2 heterocycles. The summed E-state index contributed by atoms with van der Waals surface area (Å²) in [6.45, 7) is 6.56.